The number of nitrogens with zero attached hydrogens (tertiary/aromatic N) is 1. The number of aromatic hydroxyl groups is 1. The van der Waals surface area contributed by atoms with Gasteiger partial charge in [-0.1, -0.05) is 24.3 Å². The van der Waals surface area contributed by atoms with E-state index in [1.165, 1.54) is 18.2 Å². The molecule has 1 saturated heterocycles. The van der Waals surface area contributed by atoms with Crippen LogP contribution in [0.15, 0.2) is 48.5 Å². The molecule has 1 unspecified atom stereocenters. The predicted molar refractivity (Wildman–Crippen MR) is 91.7 cm³/mol. The van der Waals surface area contributed by atoms with E-state index in [0.29, 0.717) is 6.54 Å². The number of halogens is 3. The number of para-hydroxylation sites is 1. The molecule has 2 N–H and O–H groups in total. The number of anilines is 1. The molecule has 2 aromatic carbocycles. The summed E-state index contributed by atoms with van der Waals surface area (Å²) in [5.41, 5.74) is -0.112. The van der Waals surface area contributed by atoms with Gasteiger partial charge in [0.05, 0.1) is 17.8 Å². The van der Waals surface area contributed by atoms with Crippen molar-refractivity contribution in [2.45, 2.75) is 25.1 Å². The predicted octanol–water partition coefficient (Wildman–Crippen LogP) is 4.19. The summed E-state index contributed by atoms with van der Waals surface area (Å²) in [6.45, 7) is 0.706. The van der Waals surface area contributed by atoms with Crippen molar-refractivity contribution in [1.29, 1.82) is 0 Å². The summed E-state index contributed by atoms with van der Waals surface area (Å²) >= 11 is 0. The topological polar surface area (TPSA) is 52.6 Å². The van der Waals surface area contributed by atoms with E-state index in [0.717, 1.165) is 24.5 Å². The Bertz CT molecular complexity index is 775. The van der Waals surface area contributed by atoms with E-state index in [9.17, 15) is 23.1 Å². The fourth-order valence-electron chi connectivity index (χ4n) is 3.30. The Balaban J connectivity index is 1.69. The van der Waals surface area contributed by atoms with Gasteiger partial charge in [0.1, 0.15) is 5.75 Å². The summed E-state index contributed by atoms with van der Waals surface area (Å²) in [5, 5.41) is 11.8. The number of benzene rings is 2. The Morgan fingerprint density at radius 1 is 1.15 bits per heavy atom. The van der Waals surface area contributed by atoms with Gasteiger partial charge in [-0.05, 0) is 49.2 Å². The Morgan fingerprint density at radius 2 is 1.85 bits per heavy atom. The van der Waals surface area contributed by atoms with Crippen molar-refractivity contribution in [3.8, 4) is 5.75 Å². The summed E-state index contributed by atoms with van der Waals surface area (Å²) in [6.07, 6.45) is -2.76. The van der Waals surface area contributed by atoms with Crippen LogP contribution in [0.5, 0.6) is 5.75 Å². The number of amides is 1. The molecule has 4 nitrogen and oxygen atoms in total. The second kappa shape index (κ2) is 7.37. The van der Waals surface area contributed by atoms with Crippen LogP contribution in [-0.2, 0) is 11.0 Å². The van der Waals surface area contributed by atoms with Crippen molar-refractivity contribution >= 4 is 11.6 Å². The van der Waals surface area contributed by atoms with Crippen molar-refractivity contribution < 1.29 is 23.1 Å². The number of rotatable bonds is 4. The molecule has 1 fully saturated rings. The first kappa shape index (κ1) is 18.3. The van der Waals surface area contributed by atoms with Crippen LogP contribution >= 0.6 is 0 Å². The molecule has 26 heavy (non-hydrogen) atoms. The molecule has 138 valence electrons. The zero-order valence-corrected chi connectivity index (χ0v) is 14.0. The third-order valence-corrected chi connectivity index (χ3v) is 4.49. The second-order valence-electron chi connectivity index (χ2n) is 6.31. The van der Waals surface area contributed by atoms with Crippen LogP contribution in [0.1, 0.15) is 30.0 Å². The van der Waals surface area contributed by atoms with Crippen LogP contribution < -0.4 is 5.32 Å². The lowest BCUT2D eigenvalue weighted by atomic mass is 10.0. The monoisotopic (exact) mass is 364 g/mol. The Labute approximate surface area is 149 Å². The summed E-state index contributed by atoms with van der Waals surface area (Å²) < 4.78 is 39.1. The number of phenolic OH excluding ortho intramolecular Hbond substituents is 1. The molecule has 0 saturated carbocycles. The highest BCUT2D eigenvalue weighted by Gasteiger charge is 2.34. The molecular formula is C19H19F3N2O2. The highest BCUT2D eigenvalue weighted by atomic mass is 19.4. The van der Waals surface area contributed by atoms with Crippen LogP contribution in [0.4, 0.5) is 18.9 Å². The van der Waals surface area contributed by atoms with Crippen molar-refractivity contribution in [3.63, 3.8) is 0 Å². The molecule has 1 aliphatic rings. The number of carbonyl (C=O) groups is 1. The molecular weight excluding hydrogens is 345 g/mol. The van der Waals surface area contributed by atoms with Crippen LogP contribution in [0.3, 0.4) is 0 Å². The fraction of sp³-hybridized carbons (Fsp3) is 0.316. The third kappa shape index (κ3) is 4.16. The standard InChI is InChI=1S/C19H19F3N2O2/c20-19(21,22)15-4-1-2-5-16(15)23-18(26)12-24-11-3-6-17(24)13-7-9-14(25)10-8-13/h1-2,4-5,7-10,17,25H,3,6,11-12H2,(H,23,26). The van der Waals surface area contributed by atoms with Crippen LogP contribution in [0.25, 0.3) is 0 Å². The minimum absolute atomic E-state index is 0.0116. The van der Waals surface area contributed by atoms with E-state index in [1.54, 1.807) is 24.3 Å². The molecule has 1 atom stereocenters. The van der Waals surface area contributed by atoms with Crippen molar-refractivity contribution in [2.24, 2.45) is 0 Å². The van der Waals surface area contributed by atoms with E-state index >= 15 is 0 Å². The lowest BCUT2D eigenvalue weighted by molar-refractivity contribution is -0.137. The zero-order valence-electron chi connectivity index (χ0n) is 14.0. The molecule has 1 heterocycles. The first-order valence-corrected chi connectivity index (χ1v) is 8.33. The average molecular weight is 364 g/mol. The molecule has 0 bridgehead atoms. The Kier molecular flexibility index (Phi) is 5.18. The number of carbonyl (C=O) groups excluding carboxylic acids is 1. The van der Waals surface area contributed by atoms with Crippen LogP contribution in [0, 0.1) is 0 Å². The van der Waals surface area contributed by atoms with E-state index < -0.39 is 17.6 Å². The molecule has 3 rings (SSSR count). The molecule has 1 amide bonds. The summed E-state index contributed by atoms with van der Waals surface area (Å²) in [6, 6.07) is 11.7. The average Bonchev–Trinajstić information content (AvgIpc) is 3.03. The summed E-state index contributed by atoms with van der Waals surface area (Å²) in [4.78, 5) is 14.3. The number of likely N-dealkylation sites (tertiary alicyclic amines) is 1. The van der Waals surface area contributed by atoms with Gasteiger partial charge in [0.15, 0.2) is 0 Å². The number of hydrogen-bond donors (Lipinski definition) is 2. The van der Waals surface area contributed by atoms with Crippen LogP contribution in [0.2, 0.25) is 0 Å². The quantitative estimate of drug-likeness (QED) is 0.856. The highest BCUT2D eigenvalue weighted by molar-refractivity contribution is 5.93. The van der Waals surface area contributed by atoms with Gasteiger partial charge in [-0.25, -0.2) is 0 Å². The normalized spacial score (nSPS) is 18.0. The van der Waals surface area contributed by atoms with Gasteiger partial charge in [-0.3, -0.25) is 9.69 Å². The zero-order chi connectivity index (χ0) is 18.7. The summed E-state index contributed by atoms with van der Waals surface area (Å²) in [5.74, 6) is -0.313. The molecule has 0 radical (unpaired) electrons. The second-order valence-corrected chi connectivity index (χ2v) is 6.31. The minimum Gasteiger partial charge on any atom is -0.508 e. The molecule has 1 aliphatic heterocycles. The lowest BCUT2D eigenvalue weighted by Crippen LogP contribution is -2.33. The molecule has 0 aliphatic carbocycles. The van der Waals surface area contributed by atoms with Gasteiger partial charge in [-0.2, -0.15) is 13.2 Å². The number of hydrogen-bond acceptors (Lipinski definition) is 3. The number of alkyl halides is 3. The molecule has 7 heteroatoms. The molecule has 0 aromatic heterocycles. The van der Waals surface area contributed by atoms with Gasteiger partial charge in [-0.15, -0.1) is 0 Å². The lowest BCUT2D eigenvalue weighted by Gasteiger charge is -2.24. The van der Waals surface area contributed by atoms with Gasteiger partial charge in [0, 0.05) is 6.04 Å². The highest BCUT2D eigenvalue weighted by Crippen LogP contribution is 2.35. The van der Waals surface area contributed by atoms with Crippen LogP contribution in [-0.4, -0.2) is 29.0 Å². The minimum atomic E-state index is -4.52. The Morgan fingerprint density at radius 3 is 2.54 bits per heavy atom. The van der Waals surface area contributed by atoms with Gasteiger partial charge < -0.3 is 10.4 Å². The van der Waals surface area contributed by atoms with Crippen molar-refractivity contribution in [1.82, 2.24) is 4.90 Å². The van der Waals surface area contributed by atoms with E-state index in [4.69, 9.17) is 0 Å². The SMILES string of the molecule is O=C(CN1CCCC1c1ccc(O)cc1)Nc1ccccc1C(F)(F)F. The fourth-order valence-corrected chi connectivity index (χ4v) is 3.30. The van der Waals surface area contributed by atoms with Gasteiger partial charge in [0.2, 0.25) is 5.91 Å². The maximum absolute atomic E-state index is 13.0. The maximum Gasteiger partial charge on any atom is 0.418 e. The van der Waals surface area contributed by atoms with E-state index in [1.807, 2.05) is 4.90 Å². The third-order valence-electron chi connectivity index (χ3n) is 4.49. The Hall–Kier alpha value is -2.54. The van der Waals surface area contributed by atoms with Gasteiger partial charge in [0.25, 0.3) is 0 Å². The van der Waals surface area contributed by atoms with Gasteiger partial charge >= 0.3 is 6.18 Å². The maximum atomic E-state index is 13.0. The smallest absolute Gasteiger partial charge is 0.418 e. The number of nitrogens with one attached hydrogen (secondary N) is 1. The largest absolute Gasteiger partial charge is 0.508 e. The number of phenols is 1. The molecule has 2 aromatic rings. The first-order chi connectivity index (χ1) is 12.3. The first-order valence-electron chi connectivity index (χ1n) is 8.33. The van der Waals surface area contributed by atoms with E-state index in [2.05, 4.69) is 5.32 Å². The molecule has 0 spiro atoms. The van der Waals surface area contributed by atoms with E-state index in [-0.39, 0.29) is 24.0 Å². The van der Waals surface area contributed by atoms with Crippen molar-refractivity contribution in [2.75, 3.05) is 18.4 Å². The van der Waals surface area contributed by atoms with Crippen molar-refractivity contribution in [3.05, 3.63) is 59.7 Å². The summed E-state index contributed by atoms with van der Waals surface area (Å²) in [7, 11) is 0.